The van der Waals surface area contributed by atoms with E-state index < -0.39 is 29.6 Å². The van der Waals surface area contributed by atoms with Gasteiger partial charge in [-0.1, -0.05) is 0 Å². The summed E-state index contributed by atoms with van der Waals surface area (Å²) in [4.78, 5) is 22.5. The van der Waals surface area contributed by atoms with E-state index in [1.165, 1.54) is 7.11 Å². The van der Waals surface area contributed by atoms with Gasteiger partial charge in [-0.2, -0.15) is 0 Å². The van der Waals surface area contributed by atoms with Gasteiger partial charge in [-0.05, 0) is 33.6 Å². The minimum absolute atomic E-state index is 0.283. The molecule has 4 N–H and O–H groups in total. The van der Waals surface area contributed by atoms with Crippen LogP contribution in [0.5, 0.6) is 0 Å². The van der Waals surface area contributed by atoms with Gasteiger partial charge in [0, 0.05) is 0 Å². The topological polar surface area (TPSA) is 105 Å². The van der Waals surface area contributed by atoms with Crippen molar-refractivity contribution in [3.63, 3.8) is 0 Å². The SMILES string of the molecule is COC(=O)[C@H](N)CCC(N)C(=O)OC(C)(C)C. The molecule has 6 heteroatoms. The lowest BCUT2D eigenvalue weighted by molar-refractivity contribution is -0.157. The van der Waals surface area contributed by atoms with E-state index in [1.807, 2.05) is 0 Å². The molecule has 0 fully saturated rings. The minimum Gasteiger partial charge on any atom is -0.468 e. The Labute approximate surface area is 102 Å². The van der Waals surface area contributed by atoms with Crippen LogP contribution in [0, 0.1) is 0 Å². The predicted octanol–water partition coefficient (Wildman–Crippen LogP) is -0.0641. The molecule has 0 amide bonds. The van der Waals surface area contributed by atoms with Gasteiger partial charge in [0.25, 0.3) is 0 Å². The highest BCUT2D eigenvalue weighted by molar-refractivity contribution is 5.77. The molecule has 0 bridgehead atoms. The summed E-state index contributed by atoms with van der Waals surface area (Å²) >= 11 is 0. The van der Waals surface area contributed by atoms with Gasteiger partial charge in [0.05, 0.1) is 7.11 Å². The molecule has 2 atom stereocenters. The average Bonchev–Trinajstić information content (AvgIpc) is 2.21. The Kier molecular flexibility index (Phi) is 6.12. The van der Waals surface area contributed by atoms with Crippen molar-refractivity contribution in [1.29, 1.82) is 0 Å². The van der Waals surface area contributed by atoms with Gasteiger partial charge in [-0.3, -0.25) is 9.59 Å². The largest absolute Gasteiger partial charge is 0.468 e. The zero-order valence-corrected chi connectivity index (χ0v) is 10.9. The van der Waals surface area contributed by atoms with Crippen LogP contribution in [0.2, 0.25) is 0 Å². The summed E-state index contributed by atoms with van der Waals surface area (Å²) < 4.78 is 9.56. The Hall–Kier alpha value is -1.14. The van der Waals surface area contributed by atoms with Crippen molar-refractivity contribution in [2.24, 2.45) is 11.5 Å². The lowest BCUT2D eigenvalue weighted by Gasteiger charge is -2.22. The molecule has 0 saturated heterocycles. The van der Waals surface area contributed by atoms with Crippen LogP contribution in [-0.2, 0) is 19.1 Å². The number of ether oxygens (including phenoxy) is 2. The van der Waals surface area contributed by atoms with Crippen molar-refractivity contribution in [2.75, 3.05) is 7.11 Å². The summed E-state index contributed by atoms with van der Waals surface area (Å²) in [6.07, 6.45) is 0.568. The van der Waals surface area contributed by atoms with Crippen LogP contribution in [0.15, 0.2) is 0 Å². The molecule has 0 aromatic heterocycles. The third-order valence-electron chi connectivity index (χ3n) is 2.00. The van der Waals surface area contributed by atoms with Crippen molar-refractivity contribution >= 4 is 11.9 Å². The summed E-state index contributed by atoms with van der Waals surface area (Å²) in [5.41, 5.74) is 10.6. The maximum absolute atomic E-state index is 11.5. The van der Waals surface area contributed by atoms with Gasteiger partial charge in [-0.25, -0.2) is 0 Å². The highest BCUT2D eigenvalue weighted by Gasteiger charge is 2.23. The van der Waals surface area contributed by atoms with Gasteiger partial charge >= 0.3 is 11.9 Å². The number of rotatable bonds is 5. The molecule has 0 aromatic carbocycles. The minimum atomic E-state index is -0.773. The molecule has 0 aliphatic carbocycles. The van der Waals surface area contributed by atoms with Crippen LogP contribution >= 0.6 is 0 Å². The van der Waals surface area contributed by atoms with Crippen molar-refractivity contribution < 1.29 is 19.1 Å². The van der Waals surface area contributed by atoms with Crippen molar-refractivity contribution in [2.45, 2.75) is 51.3 Å². The van der Waals surface area contributed by atoms with Crippen LogP contribution in [-0.4, -0.2) is 36.7 Å². The molecule has 0 aliphatic rings. The van der Waals surface area contributed by atoms with Crippen LogP contribution < -0.4 is 11.5 Å². The molecule has 6 nitrogen and oxygen atoms in total. The summed E-state index contributed by atoms with van der Waals surface area (Å²) in [6.45, 7) is 5.29. The Bertz CT molecular complexity index is 273. The van der Waals surface area contributed by atoms with E-state index in [0.29, 0.717) is 0 Å². The first-order valence-corrected chi connectivity index (χ1v) is 5.49. The normalized spacial score (nSPS) is 14.9. The van der Waals surface area contributed by atoms with Crippen LogP contribution in [0.3, 0.4) is 0 Å². The Morgan fingerprint density at radius 2 is 1.47 bits per heavy atom. The van der Waals surface area contributed by atoms with E-state index in [4.69, 9.17) is 16.2 Å². The lowest BCUT2D eigenvalue weighted by Crippen LogP contribution is -2.39. The molecule has 100 valence electrons. The van der Waals surface area contributed by atoms with Gasteiger partial charge < -0.3 is 20.9 Å². The number of hydrogen-bond donors (Lipinski definition) is 2. The number of hydrogen-bond acceptors (Lipinski definition) is 6. The first-order chi connectivity index (χ1) is 7.67. The number of carbonyl (C=O) groups excluding carboxylic acids is 2. The number of carbonyl (C=O) groups is 2. The van der Waals surface area contributed by atoms with Crippen molar-refractivity contribution in [3.05, 3.63) is 0 Å². The Balaban J connectivity index is 4.06. The molecule has 0 saturated carbocycles. The fourth-order valence-corrected chi connectivity index (χ4v) is 1.12. The summed E-state index contributed by atoms with van der Waals surface area (Å²) in [5.74, 6) is -1.00. The van der Waals surface area contributed by atoms with Crippen LogP contribution in [0.1, 0.15) is 33.6 Å². The van der Waals surface area contributed by atoms with Crippen molar-refractivity contribution in [1.82, 2.24) is 0 Å². The van der Waals surface area contributed by atoms with Gasteiger partial charge in [0.1, 0.15) is 17.7 Å². The summed E-state index contributed by atoms with van der Waals surface area (Å²) in [5, 5.41) is 0. The highest BCUT2D eigenvalue weighted by atomic mass is 16.6. The molecule has 0 spiro atoms. The van der Waals surface area contributed by atoms with E-state index in [1.54, 1.807) is 20.8 Å². The molecule has 0 radical (unpaired) electrons. The second kappa shape index (κ2) is 6.56. The Morgan fingerprint density at radius 3 is 1.82 bits per heavy atom. The summed E-state index contributed by atoms with van der Waals surface area (Å²) in [6, 6.07) is -1.53. The second-order valence-electron chi connectivity index (χ2n) is 4.85. The molecule has 0 aliphatic heterocycles. The Morgan fingerprint density at radius 1 is 1.06 bits per heavy atom. The molecular weight excluding hydrogens is 224 g/mol. The van der Waals surface area contributed by atoms with Crippen LogP contribution in [0.4, 0.5) is 0 Å². The third-order valence-corrected chi connectivity index (χ3v) is 2.00. The highest BCUT2D eigenvalue weighted by Crippen LogP contribution is 2.10. The molecule has 0 aromatic rings. The first-order valence-electron chi connectivity index (χ1n) is 5.49. The number of nitrogens with two attached hydrogens (primary N) is 2. The van der Waals surface area contributed by atoms with E-state index in [-0.39, 0.29) is 12.8 Å². The smallest absolute Gasteiger partial charge is 0.323 e. The quantitative estimate of drug-likeness (QED) is 0.658. The molecule has 17 heavy (non-hydrogen) atoms. The third kappa shape index (κ3) is 6.91. The maximum atomic E-state index is 11.5. The van der Waals surface area contributed by atoms with E-state index in [0.717, 1.165) is 0 Å². The molecule has 0 heterocycles. The standard InChI is InChI=1S/C11H22N2O4/c1-11(2,3)17-10(15)8(13)6-5-7(12)9(14)16-4/h7-8H,5-6,12-13H2,1-4H3/t7-,8?/m1/s1. The predicted molar refractivity (Wildman–Crippen MR) is 63.0 cm³/mol. The first kappa shape index (κ1) is 15.9. The maximum Gasteiger partial charge on any atom is 0.323 e. The monoisotopic (exact) mass is 246 g/mol. The van der Waals surface area contributed by atoms with Crippen molar-refractivity contribution in [3.8, 4) is 0 Å². The van der Waals surface area contributed by atoms with Gasteiger partial charge in [-0.15, -0.1) is 0 Å². The number of esters is 2. The summed E-state index contributed by atoms with van der Waals surface area (Å²) in [7, 11) is 1.26. The van der Waals surface area contributed by atoms with Crippen LogP contribution in [0.25, 0.3) is 0 Å². The molecule has 0 rings (SSSR count). The lowest BCUT2D eigenvalue weighted by atomic mass is 10.1. The number of methoxy groups -OCH3 is 1. The average molecular weight is 246 g/mol. The molecule has 1 unspecified atom stereocenters. The van der Waals surface area contributed by atoms with E-state index in [2.05, 4.69) is 4.74 Å². The zero-order valence-electron chi connectivity index (χ0n) is 10.9. The fraction of sp³-hybridized carbons (Fsp3) is 0.818. The second-order valence-corrected chi connectivity index (χ2v) is 4.85. The van der Waals surface area contributed by atoms with E-state index >= 15 is 0 Å². The van der Waals surface area contributed by atoms with E-state index in [9.17, 15) is 9.59 Å². The van der Waals surface area contributed by atoms with Gasteiger partial charge in [0.2, 0.25) is 0 Å². The zero-order chi connectivity index (χ0) is 13.6. The fourth-order valence-electron chi connectivity index (χ4n) is 1.12. The molecular formula is C11H22N2O4. The van der Waals surface area contributed by atoms with Gasteiger partial charge in [0.15, 0.2) is 0 Å².